The van der Waals surface area contributed by atoms with Crippen molar-refractivity contribution in [2.75, 3.05) is 44.2 Å². The molecule has 5 rings (SSSR count). The topological polar surface area (TPSA) is 140 Å². The smallest absolute Gasteiger partial charge is 0.354 e. The first-order valence-corrected chi connectivity index (χ1v) is 12.6. The molecule has 2 aromatic heterocycles. The molecule has 192 valence electrons. The number of nitrogens with two attached hydrogens (primary N) is 1. The molecule has 1 aliphatic heterocycles. The molecule has 2 aromatic carbocycles. The fourth-order valence-corrected chi connectivity index (χ4v) is 4.57. The molecule has 1 aliphatic rings. The van der Waals surface area contributed by atoms with Crippen molar-refractivity contribution in [2.45, 2.75) is 13.0 Å². The van der Waals surface area contributed by atoms with E-state index in [1.165, 1.54) is 5.69 Å². The molecule has 7 N–H and O–H groups in total. The van der Waals surface area contributed by atoms with Crippen LogP contribution in [0.4, 0.5) is 5.69 Å². The number of nitrogens with one attached hydrogen (secondary N) is 5. The lowest BCUT2D eigenvalue weighted by Crippen LogP contribution is -2.43. The fourth-order valence-electron chi connectivity index (χ4n) is 4.57. The van der Waals surface area contributed by atoms with E-state index in [1.54, 1.807) is 4.57 Å². The van der Waals surface area contributed by atoms with E-state index in [0.717, 1.165) is 73.6 Å². The zero-order valence-electron chi connectivity index (χ0n) is 20.8. The van der Waals surface area contributed by atoms with Gasteiger partial charge in [0.05, 0.1) is 5.69 Å². The number of nitrogens with zero attached hydrogens (tertiary/aromatic N) is 3. The van der Waals surface area contributed by atoms with Crippen molar-refractivity contribution >= 4 is 22.7 Å². The minimum atomic E-state index is -0.320. The molecule has 4 aromatic rings. The van der Waals surface area contributed by atoms with Crippen LogP contribution >= 0.6 is 0 Å². The molecule has 0 aliphatic carbocycles. The number of anilines is 1. The highest BCUT2D eigenvalue weighted by Gasteiger charge is 2.13. The van der Waals surface area contributed by atoms with Gasteiger partial charge in [-0.3, -0.25) is 9.98 Å². The normalized spacial score (nSPS) is 13.7. The summed E-state index contributed by atoms with van der Waals surface area (Å²) in [7, 11) is 0. The predicted octanol–water partition coefficient (Wildman–Crippen LogP) is 1.75. The molecule has 1 saturated heterocycles. The average Bonchev–Trinajstić information content (AvgIpc) is 3.34. The highest BCUT2D eigenvalue weighted by atomic mass is 16.1. The number of rotatable bonds is 9. The van der Waals surface area contributed by atoms with Gasteiger partial charge in [0.25, 0.3) is 0 Å². The van der Waals surface area contributed by atoms with Crippen LogP contribution in [0, 0.1) is 5.41 Å². The number of aromatic amines is 1. The summed E-state index contributed by atoms with van der Waals surface area (Å²) in [5, 5.41) is 17.6. The number of fused-ring (bicyclic) bond motifs is 1. The van der Waals surface area contributed by atoms with Crippen LogP contribution in [-0.4, -0.2) is 59.8 Å². The van der Waals surface area contributed by atoms with Gasteiger partial charge >= 0.3 is 5.69 Å². The van der Waals surface area contributed by atoms with Gasteiger partial charge < -0.3 is 31.6 Å². The lowest BCUT2D eigenvalue weighted by molar-refractivity contribution is 0.589. The monoisotopic (exact) mass is 499 g/mol. The number of hydrogen-bond donors (Lipinski definition) is 6. The number of guanidine groups is 1. The predicted molar refractivity (Wildman–Crippen MR) is 148 cm³/mol. The van der Waals surface area contributed by atoms with Gasteiger partial charge in [-0.15, -0.1) is 0 Å². The minimum absolute atomic E-state index is 0.00519. The van der Waals surface area contributed by atoms with Crippen molar-refractivity contribution < 1.29 is 0 Å². The van der Waals surface area contributed by atoms with Gasteiger partial charge in [-0.2, -0.15) is 4.98 Å². The lowest BCUT2D eigenvalue weighted by atomic mass is 10.1. The summed E-state index contributed by atoms with van der Waals surface area (Å²) in [6.45, 7) is 6.17. The largest absolute Gasteiger partial charge is 0.370 e. The molecule has 0 radical (unpaired) electrons. The summed E-state index contributed by atoms with van der Waals surface area (Å²) in [5.41, 5.74) is 10.7. The first-order chi connectivity index (χ1) is 18.1. The third kappa shape index (κ3) is 5.99. The van der Waals surface area contributed by atoms with Crippen molar-refractivity contribution in [2.24, 2.45) is 5.73 Å². The van der Waals surface area contributed by atoms with E-state index in [1.807, 2.05) is 30.5 Å². The molecule has 3 heterocycles. The van der Waals surface area contributed by atoms with Gasteiger partial charge in [-0.05, 0) is 48.9 Å². The van der Waals surface area contributed by atoms with E-state index in [2.05, 4.69) is 61.2 Å². The van der Waals surface area contributed by atoms with Gasteiger partial charge in [0.1, 0.15) is 5.65 Å². The molecule has 0 amide bonds. The SMILES string of the molecule is N=C(N)NCCCNCc1ccc(-n2cc3cc(-c4cccc(N5CCNCC5)c4)[nH]c3nc2=O)cc1. The van der Waals surface area contributed by atoms with E-state index in [4.69, 9.17) is 11.1 Å². The first kappa shape index (κ1) is 24.5. The Morgan fingerprint density at radius 2 is 1.86 bits per heavy atom. The van der Waals surface area contributed by atoms with Gasteiger partial charge in [0, 0.05) is 67.8 Å². The Kier molecular flexibility index (Phi) is 7.48. The van der Waals surface area contributed by atoms with Crippen LogP contribution in [-0.2, 0) is 6.54 Å². The molecular weight excluding hydrogens is 466 g/mol. The summed E-state index contributed by atoms with van der Waals surface area (Å²) in [6, 6.07) is 18.4. The minimum Gasteiger partial charge on any atom is -0.370 e. The zero-order chi connectivity index (χ0) is 25.6. The quantitative estimate of drug-likeness (QED) is 0.117. The van der Waals surface area contributed by atoms with E-state index in [9.17, 15) is 4.79 Å². The molecular formula is C27H33N9O. The van der Waals surface area contributed by atoms with Crippen LogP contribution in [0.2, 0.25) is 0 Å². The van der Waals surface area contributed by atoms with Crippen LogP contribution in [0.5, 0.6) is 0 Å². The third-order valence-electron chi connectivity index (χ3n) is 6.54. The molecule has 10 heteroatoms. The average molecular weight is 500 g/mol. The number of H-pyrrole nitrogens is 1. The second-order valence-corrected chi connectivity index (χ2v) is 9.21. The summed E-state index contributed by atoms with van der Waals surface area (Å²) >= 11 is 0. The number of aromatic nitrogens is 3. The Hall–Kier alpha value is -4.15. The maximum atomic E-state index is 12.8. The Morgan fingerprint density at radius 1 is 1.05 bits per heavy atom. The zero-order valence-corrected chi connectivity index (χ0v) is 20.8. The summed E-state index contributed by atoms with van der Waals surface area (Å²) < 4.78 is 1.59. The number of piperazine rings is 1. The second kappa shape index (κ2) is 11.3. The van der Waals surface area contributed by atoms with Crippen molar-refractivity contribution in [3.8, 4) is 16.9 Å². The van der Waals surface area contributed by atoms with Crippen LogP contribution in [0.3, 0.4) is 0 Å². The fraction of sp³-hybridized carbons (Fsp3) is 0.296. The van der Waals surface area contributed by atoms with E-state index in [0.29, 0.717) is 12.2 Å². The molecule has 0 atom stereocenters. The molecule has 0 saturated carbocycles. The van der Waals surface area contributed by atoms with Gasteiger partial charge in [0.15, 0.2) is 5.96 Å². The molecule has 0 unspecified atom stereocenters. The Labute approximate surface area is 215 Å². The standard InChI is InChI=1S/C27H33N9O/c28-26(29)32-10-2-9-31-17-19-5-7-22(8-6-19)36-18-21-16-24(33-25(21)34-27(36)37)20-3-1-4-23(15-20)35-13-11-30-12-14-35/h1,3-8,15-16,18,30-31H,2,9-14,17H2,(H4,28,29,32)(H,33,34,37). The van der Waals surface area contributed by atoms with Crippen molar-refractivity contribution in [1.29, 1.82) is 5.41 Å². The number of hydrogen-bond acceptors (Lipinski definition) is 6. The summed E-state index contributed by atoms with van der Waals surface area (Å²) in [4.78, 5) is 22.8. The third-order valence-corrected chi connectivity index (χ3v) is 6.54. The van der Waals surface area contributed by atoms with Gasteiger partial charge in [-0.25, -0.2) is 4.79 Å². The van der Waals surface area contributed by atoms with Crippen LogP contribution in [0.1, 0.15) is 12.0 Å². The lowest BCUT2D eigenvalue weighted by Gasteiger charge is -2.29. The van der Waals surface area contributed by atoms with Crippen LogP contribution in [0.15, 0.2) is 65.6 Å². The Balaban J connectivity index is 1.29. The van der Waals surface area contributed by atoms with Crippen molar-refractivity contribution in [1.82, 2.24) is 30.5 Å². The first-order valence-electron chi connectivity index (χ1n) is 12.6. The summed E-state index contributed by atoms with van der Waals surface area (Å²) in [5.74, 6) is -0.00519. The summed E-state index contributed by atoms with van der Waals surface area (Å²) in [6.07, 6.45) is 2.72. The highest BCUT2D eigenvalue weighted by molar-refractivity contribution is 5.83. The molecule has 37 heavy (non-hydrogen) atoms. The Bertz CT molecular complexity index is 1420. The Morgan fingerprint density at radius 3 is 2.65 bits per heavy atom. The molecule has 0 bridgehead atoms. The second-order valence-electron chi connectivity index (χ2n) is 9.21. The highest BCUT2D eigenvalue weighted by Crippen LogP contribution is 2.27. The van der Waals surface area contributed by atoms with Crippen LogP contribution in [0.25, 0.3) is 28.0 Å². The molecule has 0 spiro atoms. The van der Waals surface area contributed by atoms with Crippen molar-refractivity contribution in [3.63, 3.8) is 0 Å². The van der Waals surface area contributed by atoms with Gasteiger partial charge in [-0.1, -0.05) is 24.3 Å². The maximum Gasteiger partial charge on any atom is 0.354 e. The maximum absolute atomic E-state index is 12.8. The van der Waals surface area contributed by atoms with Crippen LogP contribution < -0.4 is 32.3 Å². The molecule has 1 fully saturated rings. The number of benzene rings is 2. The van der Waals surface area contributed by atoms with E-state index >= 15 is 0 Å². The van der Waals surface area contributed by atoms with E-state index in [-0.39, 0.29) is 11.6 Å². The van der Waals surface area contributed by atoms with Gasteiger partial charge in [0.2, 0.25) is 0 Å². The van der Waals surface area contributed by atoms with E-state index < -0.39 is 0 Å². The van der Waals surface area contributed by atoms with Crippen molar-refractivity contribution in [3.05, 3.63) is 76.8 Å². The molecule has 10 nitrogen and oxygen atoms in total.